The molecule has 1 unspecified atom stereocenters. The first-order chi connectivity index (χ1) is 10.4. The van der Waals surface area contributed by atoms with Gasteiger partial charge in [0, 0.05) is 67.6 Å². The van der Waals surface area contributed by atoms with Crippen molar-refractivity contribution in [1.82, 2.24) is 9.88 Å². The number of rotatable bonds is 3. The van der Waals surface area contributed by atoms with Crippen LogP contribution in [0.1, 0.15) is 12.0 Å². The van der Waals surface area contributed by atoms with Crippen molar-refractivity contribution in [1.29, 1.82) is 0 Å². The first kappa shape index (κ1) is 13.0. The molecule has 0 bridgehead atoms. The lowest BCUT2D eigenvalue weighted by atomic mass is 9.97. The number of anilines is 1. The van der Waals surface area contributed by atoms with E-state index in [1.807, 2.05) is 12.4 Å². The summed E-state index contributed by atoms with van der Waals surface area (Å²) in [5, 5.41) is 2.68. The van der Waals surface area contributed by atoms with Crippen molar-refractivity contribution in [2.45, 2.75) is 18.9 Å². The number of pyridine rings is 1. The van der Waals surface area contributed by atoms with Crippen molar-refractivity contribution >= 4 is 16.5 Å². The molecule has 4 nitrogen and oxygen atoms in total. The molecule has 1 saturated heterocycles. The minimum atomic E-state index is 0.628. The SMILES string of the molecule is NCCN1CCC(N2CCc3cncc4cccc2c34)C1. The second-order valence-electron chi connectivity index (χ2n) is 6.15. The van der Waals surface area contributed by atoms with E-state index in [4.69, 9.17) is 5.73 Å². The normalized spacial score (nSPS) is 22.1. The average molecular weight is 282 g/mol. The van der Waals surface area contributed by atoms with Gasteiger partial charge in [0.05, 0.1) is 0 Å². The zero-order valence-corrected chi connectivity index (χ0v) is 12.3. The van der Waals surface area contributed by atoms with Gasteiger partial charge < -0.3 is 10.6 Å². The summed E-state index contributed by atoms with van der Waals surface area (Å²) in [5.74, 6) is 0. The quantitative estimate of drug-likeness (QED) is 0.929. The molecule has 0 saturated carbocycles. The largest absolute Gasteiger partial charge is 0.366 e. The Labute approximate surface area is 125 Å². The van der Waals surface area contributed by atoms with Gasteiger partial charge in [-0.1, -0.05) is 12.1 Å². The number of nitrogens with zero attached hydrogens (tertiary/aromatic N) is 3. The van der Waals surface area contributed by atoms with Gasteiger partial charge in [-0.3, -0.25) is 9.88 Å². The van der Waals surface area contributed by atoms with Crippen LogP contribution in [-0.4, -0.2) is 48.6 Å². The number of aromatic nitrogens is 1. The Morgan fingerprint density at radius 1 is 1.24 bits per heavy atom. The Morgan fingerprint density at radius 3 is 3.10 bits per heavy atom. The number of hydrogen-bond donors (Lipinski definition) is 1. The number of nitrogens with two attached hydrogens (primary N) is 1. The predicted molar refractivity (Wildman–Crippen MR) is 86.7 cm³/mol. The summed E-state index contributed by atoms with van der Waals surface area (Å²) < 4.78 is 0. The number of hydrogen-bond acceptors (Lipinski definition) is 4. The molecule has 2 N–H and O–H groups in total. The summed E-state index contributed by atoms with van der Waals surface area (Å²) in [4.78, 5) is 9.49. The van der Waals surface area contributed by atoms with Gasteiger partial charge in [-0.2, -0.15) is 0 Å². The molecule has 1 atom stereocenters. The summed E-state index contributed by atoms with van der Waals surface area (Å²) in [6.45, 7) is 5.22. The van der Waals surface area contributed by atoms with Crippen LogP contribution in [0.5, 0.6) is 0 Å². The van der Waals surface area contributed by atoms with E-state index in [9.17, 15) is 0 Å². The standard InChI is InChI=1S/C17H22N4/c18-6-9-20-7-5-15(12-20)21-8-4-14-11-19-10-13-2-1-3-16(21)17(13)14/h1-3,10-11,15H,4-9,12,18H2. The Kier molecular flexibility index (Phi) is 3.28. The second-order valence-corrected chi connectivity index (χ2v) is 6.15. The summed E-state index contributed by atoms with van der Waals surface area (Å²) in [6.07, 6.45) is 6.38. The smallest absolute Gasteiger partial charge is 0.0452 e. The van der Waals surface area contributed by atoms with E-state index >= 15 is 0 Å². The van der Waals surface area contributed by atoms with Crippen molar-refractivity contribution in [2.75, 3.05) is 37.6 Å². The highest BCUT2D eigenvalue weighted by molar-refractivity contribution is 5.97. The molecular formula is C17H22N4. The summed E-state index contributed by atoms with van der Waals surface area (Å²) in [6, 6.07) is 7.24. The molecule has 1 aromatic heterocycles. The molecule has 4 rings (SSSR count). The van der Waals surface area contributed by atoms with E-state index in [0.717, 1.165) is 32.6 Å². The van der Waals surface area contributed by atoms with Crippen molar-refractivity contribution in [3.8, 4) is 0 Å². The Morgan fingerprint density at radius 2 is 2.19 bits per heavy atom. The van der Waals surface area contributed by atoms with Gasteiger partial charge in [-0.25, -0.2) is 0 Å². The molecule has 0 aliphatic carbocycles. The van der Waals surface area contributed by atoms with Crippen LogP contribution >= 0.6 is 0 Å². The molecule has 2 aromatic rings. The fourth-order valence-corrected chi connectivity index (χ4v) is 3.91. The number of likely N-dealkylation sites (tertiary alicyclic amines) is 1. The van der Waals surface area contributed by atoms with Gasteiger partial charge in [0.15, 0.2) is 0 Å². The molecule has 110 valence electrons. The zero-order valence-electron chi connectivity index (χ0n) is 12.3. The van der Waals surface area contributed by atoms with E-state index < -0.39 is 0 Å². The van der Waals surface area contributed by atoms with Crippen molar-refractivity contribution in [3.05, 3.63) is 36.2 Å². The van der Waals surface area contributed by atoms with Gasteiger partial charge in [0.25, 0.3) is 0 Å². The second kappa shape index (κ2) is 5.28. The van der Waals surface area contributed by atoms with Gasteiger partial charge in [0.1, 0.15) is 0 Å². The molecule has 0 radical (unpaired) electrons. The van der Waals surface area contributed by atoms with Crippen molar-refractivity contribution in [2.24, 2.45) is 5.73 Å². The van der Waals surface area contributed by atoms with Crippen molar-refractivity contribution in [3.63, 3.8) is 0 Å². The van der Waals surface area contributed by atoms with Crippen LogP contribution in [-0.2, 0) is 6.42 Å². The molecule has 3 heterocycles. The molecular weight excluding hydrogens is 260 g/mol. The third-order valence-corrected chi connectivity index (χ3v) is 4.90. The van der Waals surface area contributed by atoms with Crippen LogP contribution in [0.3, 0.4) is 0 Å². The zero-order chi connectivity index (χ0) is 14.2. The fourth-order valence-electron chi connectivity index (χ4n) is 3.91. The summed E-state index contributed by atoms with van der Waals surface area (Å²) in [5.41, 5.74) is 8.49. The van der Waals surface area contributed by atoms with Gasteiger partial charge >= 0.3 is 0 Å². The maximum Gasteiger partial charge on any atom is 0.0452 e. The van der Waals surface area contributed by atoms with E-state index in [-0.39, 0.29) is 0 Å². The molecule has 2 aliphatic heterocycles. The topological polar surface area (TPSA) is 45.4 Å². The Bertz CT molecular complexity index is 649. The Hall–Kier alpha value is -1.65. The molecule has 1 aromatic carbocycles. The lowest BCUT2D eigenvalue weighted by molar-refractivity contribution is 0.342. The molecule has 0 spiro atoms. The van der Waals surface area contributed by atoms with E-state index in [1.165, 1.54) is 35.0 Å². The van der Waals surface area contributed by atoms with E-state index in [1.54, 1.807) is 0 Å². The summed E-state index contributed by atoms with van der Waals surface area (Å²) in [7, 11) is 0. The maximum absolute atomic E-state index is 5.70. The average Bonchev–Trinajstić information content (AvgIpc) is 2.97. The van der Waals surface area contributed by atoms with Crippen LogP contribution in [0, 0.1) is 0 Å². The first-order valence-electron chi connectivity index (χ1n) is 7.91. The minimum Gasteiger partial charge on any atom is -0.366 e. The monoisotopic (exact) mass is 282 g/mol. The van der Waals surface area contributed by atoms with Gasteiger partial charge in [-0.15, -0.1) is 0 Å². The van der Waals surface area contributed by atoms with Crippen LogP contribution in [0.2, 0.25) is 0 Å². The van der Waals surface area contributed by atoms with Crippen LogP contribution in [0.25, 0.3) is 10.8 Å². The highest BCUT2D eigenvalue weighted by Crippen LogP contribution is 2.36. The lowest BCUT2D eigenvalue weighted by Crippen LogP contribution is -2.41. The van der Waals surface area contributed by atoms with Gasteiger partial charge in [0.2, 0.25) is 0 Å². The summed E-state index contributed by atoms with van der Waals surface area (Å²) >= 11 is 0. The van der Waals surface area contributed by atoms with Crippen LogP contribution in [0.15, 0.2) is 30.6 Å². The Balaban J connectivity index is 1.69. The van der Waals surface area contributed by atoms with Crippen LogP contribution in [0.4, 0.5) is 5.69 Å². The maximum atomic E-state index is 5.70. The third kappa shape index (κ3) is 2.19. The first-order valence-corrected chi connectivity index (χ1v) is 7.91. The minimum absolute atomic E-state index is 0.628. The number of benzene rings is 1. The molecule has 2 aliphatic rings. The molecule has 0 amide bonds. The highest BCUT2D eigenvalue weighted by Gasteiger charge is 2.30. The van der Waals surface area contributed by atoms with E-state index in [0.29, 0.717) is 6.04 Å². The van der Waals surface area contributed by atoms with Crippen molar-refractivity contribution < 1.29 is 0 Å². The molecule has 4 heteroatoms. The highest BCUT2D eigenvalue weighted by atomic mass is 15.3. The lowest BCUT2D eigenvalue weighted by Gasteiger charge is -2.36. The van der Waals surface area contributed by atoms with Gasteiger partial charge in [-0.05, 0) is 24.5 Å². The molecule has 21 heavy (non-hydrogen) atoms. The predicted octanol–water partition coefficient (Wildman–Crippen LogP) is 1.63. The van der Waals surface area contributed by atoms with E-state index in [2.05, 4.69) is 33.0 Å². The van der Waals surface area contributed by atoms with Crippen LogP contribution < -0.4 is 10.6 Å². The molecule has 1 fully saturated rings. The fraction of sp³-hybridized carbons (Fsp3) is 0.471. The third-order valence-electron chi connectivity index (χ3n) is 4.90.